The SMILES string of the molecule is COc1cccc(C2C(C(=O)N3CCN(Cc4ccc(C)cc4)CC3)c3ccccc3C(=O)N2C2CC2)c1. The van der Waals surface area contributed by atoms with Crippen LogP contribution in [0.5, 0.6) is 5.75 Å². The second-order valence-electron chi connectivity index (χ2n) is 10.8. The van der Waals surface area contributed by atoms with Crippen molar-refractivity contribution in [3.8, 4) is 5.75 Å². The van der Waals surface area contributed by atoms with Crippen molar-refractivity contribution in [2.45, 2.75) is 44.3 Å². The van der Waals surface area contributed by atoms with E-state index in [1.807, 2.05) is 58.3 Å². The molecule has 2 atom stereocenters. The molecule has 0 bridgehead atoms. The molecule has 2 heterocycles. The number of aryl methyl sites for hydroxylation is 1. The van der Waals surface area contributed by atoms with Crippen molar-refractivity contribution in [3.63, 3.8) is 0 Å². The van der Waals surface area contributed by atoms with E-state index in [1.54, 1.807) is 7.11 Å². The molecule has 6 heteroatoms. The third kappa shape index (κ3) is 4.69. The number of amides is 2. The van der Waals surface area contributed by atoms with Gasteiger partial charge in [-0.3, -0.25) is 14.5 Å². The zero-order valence-electron chi connectivity index (χ0n) is 22.2. The van der Waals surface area contributed by atoms with Crippen LogP contribution in [0, 0.1) is 6.92 Å². The summed E-state index contributed by atoms with van der Waals surface area (Å²) in [7, 11) is 1.65. The number of piperazine rings is 1. The molecule has 2 aliphatic heterocycles. The number of hydrogen-bond acceptors (Lipinski definition) is 4. The van der Waals surface area contributed by atoms with Gasteiger partial charge in [0.1, 0.15) is 5.75 Å². The predicted molar refractivity (Wildman–Crippen MR) is 147 cm³/mol. The number of ether oxygens (including phenoxy) is 1. The highest BCUT2D eigenvalue weighted by molar-refractivity contribution is 6.01. The Morgan fingerprint density at radius 2 is 1.66 bits per heavy atom. The number of carbonyl (C=O) groups excluding carboxylic acids is 2. The zero-order chi connectivity index (χ0) is 26.2. The van der Waals surface area contributed by atoms with Gasteiger partial charge in [-0.2, -0.15) is 0 Å². The molecule has 3 aliphatic rings. The molecule has 196 valence electrons. The van der Waals surface area contributed by atoms with Crippen LogP contribution in [0.2, 0.25) is 0 Å². The molecule has 38 heavy (non-hydrogen) atoms. The molecule has 2 unspecified atom stereocenters. The highest BCUT2D eigenvalue weighted by Gasteiger charge is 2.50. The van der Waals surface area contributed by atoms with Crippen molar-refractivity contribution in [3.05, 3.63) is 101 Å². The summed E-state index contributed by atoms with van der Waals surface area (Å²) in [5.41, 5.74) is 5.02. The van der Waals surface area contributed by atoms with Gasteiger partial charge in [0.05, 0.1) is 19.1 Å². The number of benzene rings is 3. The molecule has 0 radical (unpaired) electrons. The Kier molecular flexibility index (Phi) is 6.66. The van der Waals surface area contributed by atoms with Crippen LogP contribution in [0.25, 0.3) is 0 Å². The van der Waals surface area contributed by atoms with Crippen molar-refractivity contribution in [2.24, 2.45) is 0 Å². The minimum atomic E-state index is -0.444. The van der Waals surface area contributed by atoms with Crippen LogP contribution in [-0.4, -0.2) is 65.8 Å². The predicted octanol–water partition coefficient (Wildman–Crippen LogP) is 4.79. The molecule has 6 rings (SSSR count). The first-order valence-corrected chi connectivity index (χ1v) is 13.7. The van der Waals surface area contributed by atoms with Crippen molar-refractivity contribution >= 4 is 11.8 Å². The summed E-state index contributed by atoms with van der Waals surface area (Å²) in [4.78, 5) is 34.6. The summed E-state index contributed by atoms with van der Waals surface area (Å²) in [6.45, 7) is 6.04. The smallest absolute Gasteiger partial charge is 0.254 e. The second-order valence-corrected chi connectivity index (χ2v) is 10.8. The van der Waals surface area contributed by atoms with Crippen LogP contribution in [0.3, 0.4) is 0 Å². The van der Waals surface area contributed by atoms with Crippen molar-refractivity contribution in [2.75, 3.05) is 33.3 Å². The number of fused-ring (bicyclic) bond motifs is 1. The number of carbonyl (C=O) groups is 2. The minimum Gasteiger partial charge on any atom is -0.497 e. The van der Waals surface area contributed by atoms with Crippen molar-refractivity contribution < 1.29 is 14.3 Å². The normalized spacial score (nSPS) is 21.8. The zero-order valence-corrected chi connectivity index (χ0v) is 22.2. The molecule has 2 fully saturated rings. The quantitative estimate of drug-likeness (QED) is 0.480. The molecule has 1 aliphatic carbocycles. The van der Waals surface area contributed by atoms with Gasteiger partial charge in [-0.15, -0.1) is 0 Å². The van der Waals surface area contributed by atoms with Crippen molar-refractivity contribution in [1.82, 2.24) is 14.7 Å². The van der Waals surface area contributed by atoms with Crippen LogP contribution in [0.15, 0.2) is 72.8 Å². The summed E-state index contributed by atoms with van der Waals surface area (Å²) in [5, 5.41) is 0. The van der Waals surface area contributed by atoms with Gasteiger partial charge < -0.3 is 14.5 Å². The maximum atomic E-state index is 14.4. The Morgan fingerprint density at radius 1 is 0.921 bits per heavy atom. The maximum absolute atomic E-state index is 14.4. The molecule has 3 aromatic carbocycles. The first-order chi connectivity index (χ1) is 18.5. The van der Waals surface area contributed by atoms with E-state index in [0.717, 1.165) is 49.4 Å². The molecule has 1 saturated heterocycles. The monoisotopic (exact) mass is 509 g/mol. The van der Waals surface area contributed by atoms with Gasteiger partial charge in [0.25, 0.3) is 5.91 Å². The lowest BCUT2D eigenvalue weighted by molar-refractivity contribution is -0.136. The van der Waals surface area contributed by atoms with E-state index < -0.39 is 5.92 Å². The molecule has 2 amide bonds. The Morgan fingerprint density at radius 3 is 2.37 bits per heavy atom. The van der Waals surface area contributed by atoms with E-state index in [4.69, 9.17) is 4.74 Å². The first kappa shape index (κ1) is 24.7. The van der Waals surface area contributed by atoms with E-state index in [9.17, 15) is 9.59 Å². The van der Waals surface area contributed by atoms with Crippen LogP contribution in [0.1, 0.15) is 57.4 Å². The fraction of sp³-hybridized carbons (Fsp3) is 0.375. The van der Waals surface area contributed by atoms with Gasteiger partial charge in [-0.25, -0.2) is 0 Å². The Hall–Kier alpha value is -3.64. The van der Waals surface area contributed by atoms with Gasteiger partial charge in [0, 0.05) is 44.3 Å². The first-order valence-electron chi connectivity index (χ1n) is 13.7. The van der Waals surface area contributed by atoms with Gasteiger partial charge in [0.15, 0.2) is 0 Å². The Bertz CT molecular complexity index is 1330. The number of methoxy groups -OCH3 is 1. The van der Waals surface area contributed by atoms with Gasteiger partial charge in [-0.05, 0) is 54.7 Å². The Labute approximate surface area is 224 Å². The fourth-order valence-corrected chi connectivity index (χ4v) is 6.03. The highest BCUT2D eigenvalue weighted by atomic mass is 16.5. The van der Waals surface area contributed by atoms with E-state index >= 15 is 0 Å². The van der Waals surface area contributed by atoms with Crippen LogP contribution < -0.4 is 4.74 Å². The molecule has 1 saturated carbocycles. The van der Waals surface area contributed by atoms with Crippen LogP contribution >= 0.6 is 0 Å². The van der Waals surface area contributed by atoms with Crippen LogP contribution in [-0.2, 0) is 11.3 Å². The van der Waals surface area contributed by atoms with Crippen molar-refractivity contribution in [1.29, 1.82) is 0 Å². The summed E-state index contributed by atoms with van der Waals surface area (Å²) in [6.07, 6.45) is 1.96. The van der Waals surface area contributed by atoms with Crippen LogP contribution in [0.4, 0.5) is 0 Å². The lowest BCUT2D eigenvalue weighted by atomic mass is 9.78. The van der Waals surface area contributed by atoms with E-state index in [1.165, 1.54) is 11.1 Å². The third-order valence-electron chi connectivity index (χ3n) is 8.23. The second kappa shape index (κ2) is 10.3. The van der Waals surface area contributed by atoms with Gasteiger partial charge >= 0.3 is 0 Å². The number of nitrogens with zero attached hydrogens (tertiary/aromatic N) is 3. The largest absolute Gasteiger partial charge is 0.497 e. The molecule has 3 aromatic rings. The average Bonchev–Trinajstić information content (AvgIpc) is 3.80. The summed E-state index contributed by atoms with van der Waals surface area (Å²) in [5.74, 6) is 0.432. The lowest BCUT2D eigenvalue weighted by Crippen LogP contribution is -2.53. The van der Waals surface area contributed by atoms with E-state index in [0.29, 0.717) is 18.7 Å². The molecular weight excluding hydrogens is 474 g/mol. The number of hydrogen-bond donors (Lipinski definition) is 0. The van der Waals surface area contributed by atoms with E-state index in [-0.39, 0.29) is 23.9 Å². The third-order valence-corrected chi connectivity index (χ3v) is 8.23. The molecule has 0 N–H and O–H groups in total. The van der Waals surface area contributed by atoms with E-state index in [2.05, 4.69) is 36.1 Å². The standard InChI is InChI=1S/C32H35N3O3/c1-22-10-12-23(13-11-22)21-33-16-18-34(19-17-33)32(37)29-27-8-3-4-9-28(27)31(36)35(25-14-15-25)30(29)24-6-5-7-26(20-24)38-2/h3-13,20,25,29-30H,14-19,21H2,1-2H3. The lowest BCUT2D eigenvalue weighted by Gasteiger charge is -2.45. The topological polar surface area (TPSA) is 53.1 Å². The highest BCUT2D eigenvalue weighted by Crippen LogP contribution is 2.48. The average molecular weight is 510 g/mol. The van der Waals surface area contributed by atoms with Gasteiger partial charge in [-0.1, -0.05) is 60.2 Å². The summed E-state index contributed by atoms with van der Waals surface area (Å²) < 4.78 is 5.53. The van der Waals surface area contributed by atoms with Gasteiger partial charge in [0.2, 0.25) is 5.91 Å². The summed E-state index contributed by atoms with van der Waals surface area (Å²) in [6, 6.07) is 24.1. The number of rotatable bonds is 6. The summed E-state index contributed by atoms with van der Waals surface area (Å²) >= 11 is 0. The maximum Gasteiger partial charge on any atom is 0.254 e. The molecule has 6 nitrogen and oxygen atoms in total. The molecule has 0 spiro atoms. The Balaban J connectivity index is 1.30. The molecular formula is C32H35N3O3. The molecule has 0 aromatic heterocycles. The fourth-order valence-electron chi connectivity index (χ4n) is 6.03. The minimum absolute atomic E-state index is 0.0305.